The standard InChI is InChI=1S/C22H25FN2O5/c23-18-9-10-20(24-12-18)25(19-7-2-1-3-8-19)22(28)30-14-17-6-4-5-16(11-17)13-29-15-21(26)27/h1-3,7-10,12,16-17H,4-6,11,13-15H2,(H,26,27). The third kappa shape index (κ3) is 6.25. The molecule has 2 aromatic rings. The van der Waals surface area contributed by atoms with Crippen molar-refractivity contribution >= 4 is 23.6 Å². The largest absolute Gasteiger partial charge is 0.480 e. The van der Waals surface area contributed by atoms with Crippen molar-refractivity contribution in [3.8, 4) is 0 Å². The summed E-state index contributed by atoms with van der Waals surface area (Å²) in [6.07, 6.45) is 4.17. The molecule has 0 spiro atoms. The van der Waals surface area contributed by atoms with Crippen molar-refractivity contribution in [3.05, 3.63) is 54.5 Å². The molecule has 0 aliphatic heterocycles. The number of benzene rings is 1. The molecule has 160 valence electrons. The van der Waals surface area contributed by atoms with Crippen LogP contribution in [0.5, 0.6) is 0 Å². The predicted octanol–water partition coefficient (Wildman–Crippen LogP) is 4.40. The Morgan fingerprint density at radius 3 is 2.50 bits per heavy atom. The van der Waals surface area contributed by atoms with Gasteiger partial charge in [0.2, 0.25) is 0 Å². The van der Waals surface area contributed by atoms with E-state index in [4.69, 9.17) is 14.6 Å². The summed E-state index contributed by atoms with van der Waals surface area (Å²) >= 11 is 0. The molecule has 1 heterocycles. The number of halogens is 1. The SMILES string of the molecule is O=C(O)COCC1CCCC(COC(=O)N(c2ccccc2)c2ccc(F)cn2)C1. The van der Waals surface area contributed by atoms with Gasteiger partial charge in [-0.05, 0) is 55.4 Å². The summed E-state index contributed by atoms with van der Waals surface area (Å²) < 4.78 is 24.1. The summed E-state index contributed by atoms with van der Waals surface area (Å²) in [6, 6.07) is 11.6. The van der Waals surface area contributed by atoms with Crippen molar-refractivity contribution in [1.82, 2.24) is 4.98 Å². The Hall–Kier alpha value is -3.00. The van der Waals surface area contributed by atoms with Gasteiger partial charge in [-0.25, -0.2) is 23.9 Å². The number of amides is 1. The van der Waals surface area contributed by atoms with E-state index in [0.717, 1.165) is 31.9 Å². The molecule has 2 unspecified atom stereocenters. The molecule has 7 nitrogen and oxygen atoms in total. The van der Waals surface area contributed by atoms with Crippen molar-refractivity contribution in [2.45, 2.75) is 25.7 Å². The lowest BCUT2D eigenvalue weighted by Gasteiger charge is -2.29. The number of carbonyl (C=O) groups excluding carboxylic acids is 1. The summed E-state index contributed by atoms with van der Waals surface area (Å²) in [4.78, 5) is 28.8. The first-order valence-electron chi connectivity index (χ1n) is 9.96. The highest BCUT2D eigenvalue weighted by molar-refractivity contribution is 5.94. The quantitative estimate of drug-likeness (QED) is 0.686. The molecular formula is C22H25FN2O5. The van der Waals surface area contributed by atoms with Crippen molar-refractivity contribution in [1.29, 1.82) is 0 Å². The van der Waals surface area contributed by atoms with Gasteiger partial charge in [0.25, 0.3) is 0 Å². The minimum atomic E-state index is -0.980. The number of aliphatic carboxylic acids is 1. The number of pyridine rings is 1. The first kappa shape index (κ1) is 21.7. The monoisotopic (exact) mass is 416 g/mol. The van der Waals surface area contributed by atoms with E-state index < -0.39 is 17.9 Å². The average Bonchev–Trinajstić information content (AvgIpc) is 2.75. The summed E-state index contributed by atoms with van der Waals surface area (Å²) in [5, 5.41) is 8.68. The zero-order valence-electron chi connectivity index (χ0n) is 16.6. The van der Waals surface area contributed by atoms with Crippen LogP contribution in [0.25, 0.3) is 0 Å². The lowest BCUT2D eigenvalue weighted by Crippen LogP contribution is -2.31. The third-order valence-corrected chi connectivity index (χ3v) is 5.05. The minimum Gasteiger partial charge on any atom is -0.480 e. The number of carboxylic acids is 1. The summed E-state index contributed by atoms with van der Waals surface area (Å²) in [5.74, 6) is -0.757. The first-order chi connectivity index (χ1) is 14.5. The van der Waals surface area contributed by atoms with Crippen LogP contribution < -0.4 is 4.90 Å². The fraction of sp³-hybridized carbons (Fsp3) is 0.409. The number of carbonyl (C=O) groups is 2. The summed E-state index contributed by atoms with van der Waals surface area (Å²) in [6.45, 7) is 0.345. The molecule has 0 saturated heterocycles. The highest BCUT2D eigenvalue weighted by atomic mass is 19.1. The molecule has 1 aromatic heterocycles. The number of nitrogens with zero attached hydrogens (tertiary/aromatic N) is 2. The topological polar surface area (TPSA) is 89.0 Å². The highest BCUT2D eigenvalue weighted by Crippen LogP contribution is 2.30. The third-order valence-electron chi connectivity index (χ3n) is 5.05. The van der Waals surface area contributed by atoms with Gasteiger partial charge >= 0.3 is 12.1 Å². The zero-order chi connectivity index (χ0) is 21.3. The van der Waals surface area contributed by atoms with Crippen LogP contribution in [0.15, 0.2) is 48.7 Å². The van der Waals surface area contributed by atoms with E-state index in [2.05, 4.69) is 4.98 Å². The molecule has 3 rings (SSSR count). The first-order valence-corrected chi connectivity index (χ1v) is 9.96. The lowest BCUT2D eigenvalue weighted by atomic mass is 9.82. The summed E-state index contributed by atoms with van der Waals surface area (Å²) in [7, 11) is 0. The maximum absolute atomic E-state index is 13.3. The van der Waals surface area contributed by atoms with Gasteiger partial charge in [-0.15, -0.1) is 0 Å². The number of hydrogen-bond acceptors (Lipinski definition) is 5. The molecule has 1 aliphatic rings. The number of rotatable bonds is 8. The molecule has 8 heteroatoms. The zero-order valence-corrected chi connectivity index (χ0v) is 16.6. The maximum atomic E-state index is 13.3. The Labute approximate surface area is 174 Å². The molecular weight excluding hydrogens is 391 g/mol. The Morgan fingerprint density at radius 1 is 1.10 bits per heavy atom. The predicted molar refractivity (Wildman–Crippen MR) is 108 cm³/mol. The minimum absolute atomic E-state index is 0.180. The van der Waals surface area contributed by atoms with Crippen LogP contribution in [0.4, 0.5) is 20.7 Å². The number of para-hydroxylation sites is 1. The molecule has 1 saturated carbocycles. The van der Waals surface area contributed by atoms with Crippen LogP contribution >= 0.6 is 0 Å². The lowest BCUT2D eigenvalue weighted by molar-refractivity contribution is -0.142. The smallest absolute Gasteiger partial charge is 0.420 e. The molecule has 2 atom stereocenters. The van der Waals surface area contributed by atoms with Gasteiger partial charge in [0.1, 0.15) is 18.2 Å². The van der Waals surface area contributed by atoms with E-state index in [9.17, 15) is 14.0 Å². The molecule has 1 fully saturated rings. The van der Waals surface area contributed by atoms with E-state index >= 15 is 0 Å². The summed E-state index contributed by atoms with van der Waals surface area (Å²) in [5.41, 5.74) is 0.574. The van der Waals surface area contributed by atoms with Crippen LogP contribution in [-0.2, 0) is 14.3 Å². The second-order valence-electron chi connectivity index (χ2n) is 7.39. The molecule has 1 aromatic carbocycles. The van der Waals surface area contributed by atoms with Crippen molar-refractivity contribution in [3.63, 3.8) is 0 Å². The van der Waals surface area contributed by atoms with Gasteiger partial charge in [0, 0.05) is 0 Å². The van der Waals surface area contributed by atoms with E-state index in [1.54, 1.807) is 24.3 Å². The van der Waals surface area contributed by atoms with Crippen LogP contribution in [0, 0.1) is 17.7 Å². The fourth-order valence-electron chi connectivity index (χ4n) is 3.68. The fourth-order valence-corrected chi connectivity index (χ4v) is 3.68. The number of aromatic nitrogens is 1. The van der Waals surface area contributed by atoms with Gasteiger partial charge in [0.15, 0.2) is 0 Å². The molecule has 1 aliphatic carbocycles. The molecule has 0 bridgehead atoms. The molecule has 1 N–H and O–H groups in total. The Bertz CT molecular complexity index is 831. The highest BCUT2D eigenvalue weighted by Gasteiger charge is 2.26. The van der Waals surface area contributed by atoms with Crippen LogP contribution in [0.1, 0.15) is 25.7 Å². The van der Waals surface area contributed by atoms with E-state index in [1.807, 2.05) is 6.07 Å². The van der Waals surface area contributed by atoms with Gasteiger partial charge in [0.05, 0.1) is 25.1 Å². The number of hydrogen-bond donors (Lipinski definition) is 1. The van der Waals surface area contributed by atoms with Crippen LogP contribution in [0.2, 0.25) is 0 Å². The second kappa shape index (κ2) is 10.7. The maximum Gasteiger partial charge on any atom is 0.420 e. The molecule has 30 heavy (non-hydrogen) atoms. The van der Waals surface area contributed by atoms with Crippen molar-refractivity contribution in [2.24, 2.45) is 11.8 Å². The van der Waals surface area contributed by atoms with Crippen molar-refractivity contribution in [2.75, 3.05) is 24.7 Å². The van der Waals surface area contributed by atoms with Gasteiger partial charge in [-0.3, -0.25) is 0 Å². The van der Waals surface area contributed by atoms with Gasteiger partial charge in [-0.2, -0.15) is 0 Å². The van der Waals surface area contributed by atoms with Gasteiger partial charge in [-0.1, -0.05) is 24.6 Å². The molecule has 1 amide bonds. The number of ether oxygens (including phenoxy) is 2. The normalized spacial score (nSPS) is 18.6. The Balaban J connectivity index is 1.60. The van der Waals surface area contributed by atoms with Crippen molar-refractivity contribution < 1.29 is 28.6 Å². The average molecular weight is 416 g/mol. The van der Waals surface area contributed by atoms with E-state index in [1.165, 1.54) is 17.0 Å². The molecule has 0 radical (unpaired) electrons. The van der Waals surface area contributed by atoms with Crippen LogP contribution in [-0.4, -0.2) is 42.0 Å². The van der Waals surface area contributed by atoms with E-state index in [-0.39, 0.29) is 30.9 Å². The Kier molecular flexibility index (Phi) is 7.73. The number of anilines is 2. The second-order valence-corrected chi connectivity index (χ2v) is 7.39. The van der Waals surface area contributed by atoms with Gasteiger partial charge < -0.3 is 14.6 Å². The Morgan fingerprint density at radius 2 is 1.83 bits per heavy atom. The number of carboxylic acid groups (broad SMARTS) is 1. The van der Waals surface area contributed by atoms with E-state index in [0.29, 0.717) is 12.3 Å². The van der Waals surface area contributed by atoms with Crippen LogP contribution in [0.3, 0.4) is 0 Å².